The number of carbonyl (C=O) groups is 3. The van der Waals surface area contributed by atoms with Gasteiger partial charge in [0, 0.05) is 37.4 Å². The fourth-order valence-electron chi connectivity index (χ4n) is 4.94. The van der Waals surface area contributed by atoms with E-state index in [1.165, 1.54) is 0 Å². The number of nitrogens with zero attached hydrogens (tertiary/aromatic N) is 3. The molecule has 2 saturated heterocycles. The van der Waals surface area contributed by atoms with Crippen molar-refractivity contribution in [1.29, 1.82) is 0 Å². The molecule has 33 heavy (non-hydrogen) atoms. The van der Waals surface area contributed by atoms with Crippen LogP contribution >= 0.6 is 0 Å². The zero-order valence-corrected chi connectivity index (χ0v) is 19.8. The van der Waals surface area contributed by atoms with Crippen LogP contribution in [0.5, 0.6) is 0 Å². The van der Waals surface area contributed by atoms with Gasteiger partial charge in [-0.1, -0.05) is 32.0 Å². The van der Waals surface area contributed by atoms with Crippen LogP contribution in [-0.2, 0) is 10.3 Å². The molecule has 0 unspecified atom stereocenters. The number of piperazine rings is 1. The molecular weight excluding hydrogens is 418 g/mol. The third-order valence-electron chi connectivity index (χ3n) is 6.72. The van der Waals surface area contributed by atoms with E-state index in [1.807, 2.05) is 31.9 Å². The third kappa shape index (κ3) is 3.94. The second kappa shape index (κ2) is 8.50. The maximum Gasteiger partial charge on any atom is 0.322 e. The summed E-state index contributed by atoms with van der Waals surface area (Å²) < 4.78 is 0. The van der Waals surface area contributed by atoms with Gasteiger partial charge in [-0.15, -0.1) is 0 Å². The summed E-state index contributed by atoms with van der Waals surface area (Å²) in [6.07, 6.45) is 1.88. The number of hydrogen-bond donors (Lipinski definition) is 2. The minimum atomic E-state index is -1.13. The lowest BCUT2D eigenvalue weighted by molar-refractivity contribution is -0.125. The molecular formula is C25H31N5O3. The Balaban J connectivity index is 1.49. The highest BCUT2D eigenvalue weighted by atomic mass is 16.2. The molecule has 8 heteroatoms. The molecule has 0 saturated carbocycles. The standard InChI is InChI=1S/C25H31N5O3/c1-15(2)25(23(32)27-24(33)28-25)20-8-6-19(7-9-20)22(31)29-10-11-30(18(5)14-29)21-17(4)12-16(3)13-26-21/h6-9,12-13,15,18H,10-11,14H2,1-5H3,(H2,27,28,32,33)/t18-,25-/m1/s1. The van der Waals surface area contributed by atoms with Gasteiger partial charge < -0.3 is 15.1 Å². The fourth-order valence-corrected chi connectivity index (χ4v) is 4.94. The van der Waals surface area contributed by atoms with Crippen molar-refractivity contribution in [2.24, 2.45) is 5.92 Å². The molecule has 1 aromatic carbocycles. The first-order valence-corrected chi connectivity index (χ1v) is 11.4. The van der Waals surface area contributed by atoms with Gasteiger partial charge in [0.15, 0.2) is 0 Å². The first kappa shape index (κ1) is 22.8. The number of nitrogens with one attached hydrogen (secondary N) is 2. The molecule has 3 heterocycles. The molecule has 4 rings (SSSR count). The quantitative estimate of drug-likeness (QED) is 0.700. The zero-order valence-electron chi connectivity index (χ0n) is 19.8. The Morgan fingerprint density at radius 2 is 1.85 bits per heavy atom. The van der Waals surface area contributed by atoms with Gasteiger partial charge in [0.2, 0.25) is 0 Å². The average molecular weight is 450 g/mol. The van der Waals surface area contributed by atoms with E-state index in [2.05, 4.69) is 40.4 Å². The third-order valence-corrected chi connectivity index (χ3v) is 6.72. The Bertz CT molecular complexity index is 1100. The Hall–Kier alpha value is -3.42. The molecule has 2 fully saturated rings. The molecule has 174 valence electrons. The van der Waals surface area contributed by atoms with E-state index < -0.39 is 11.6 Å². The maximum absolute atomic E-state index is 13.2. The van der Waals surface area contributed by atoms with Gasteiger partial charge >= 0.3 is 6.03 Å². The summed E-state index contributed by atoms with van der Waals surface area (Å²) in [6.45, 7) is 11.9. The number of rotatable bonds is 4. The fraction of sp³-hybridized carbons (Fsp3) is 0.440. The summed E-state index contributed by atoms with van der Waals surface area (Å²) in [4.78, 5) is 46.3. The Kier molecular flexibility index (Phi) is 5.86. The predicted molar refractivity (Wildman–Crippen MR) is 126 cm³/mol. The Morgan fingerprint density at radius 1 is 1.15 bits per heavy atom. The molecule has 0 radical (unpaired) electrons. The van der Waals surface area contributed by atoms with Crippen LogP contribution in [0.25, 0.3) is 0 Å². The van der Waals surface area contributed by atoms with E-state index in [0.29, 0.717) is 30.8 Å². The Morgan fingerprint density at radius 3 is 2.39 bits per heavy atom. The summed E-state index contributed by atoms with van der Waals surface area (Å²) in [5, 5.41) is 5.10. The predicted octanol–water partition coefficient (Wildman–Crippen LogP) is 2.74. The van der Waals surface area contributed by atoms with Gasteiger partial charge in [-0.05, 0) is 55.5 Å². The normalized spacial score (nSPS) is 23.0. The van der Waals surface area contributed by atoms with Crippen molar-refractivity contribution in [2.75, 3.05) is 24.5 Å². The number of aryl methyl sites for hydroxylation is 2. The first-order chi connectivity index (χ1) is 15.6. The van der Waals surface area contributed by atoms with Crippen LogP contribution in [0.1, 0.15) is 47.8 Å². The van der Waals surface area contributed by atoms with Crippen LogP contribution in [0, 0.1) is 19.8 Å². The molecule has 0 aliphatic carbocycles. The second-order valence-electron chi connectivity index (χ2n) is 9.40. The average Bonchev–Trinajstić information content (AvgIpc) is 3.08. The number of hydrogen-bond acceptors (Lipinski definition) is 5. The lowest BCUT2D eigenvalue weighted by Crippen LogP contribution is -2.54. The van der Waals surface area contributed by atoms with Gasteiger partial charge in [0.05, 0.1) is 0 Å². The zero-order chi connectivity index (χ0) is 23.9. The monoisotopic (exact) mass is 449 g/mol. The van der Waals surface area contributed by atoms with Crippen LogP contribution < -0.4 is 15.5 Å². The molecule has 2 aliphatic rings. The number of imide groups is 1. The van der Waals surface area contributed by atoms with Crippen LogP contribution in [-0.4, -0.2) is 53.4 Å². The summed E-state index contributed by atoms with van der Waals surface area (Å²) in [5.74, 6) is 0.408. The van der Waals surface area contributed by atoms with E-state index in [4.69, 9.17) is 0 Å². The van der Waals surface area contributed by atoms with E-state index in [0.717, 1.165) is 16.9 Å². The van der Waals surface area contributed by atoms with Crippen molar-refractivity contribution in [3.63, 3.8) is 0 Å². The highest BCUT2D eigenvalue weighted by molar-refractivity contribution is 6.07. The Labute approximate surface area is 194 Å². The molecule has 8 nitrogen and oxygen atoms in total. The van der Waals surface area contributed by atoms with Crippen molar-refractivity contribution in [1.82, 2.24) is 20.5 Å². The van der Waals surface area contributed by atoms with E-state index in [9.17, 15) is 14.4 Å². The minimum Gasteiger partial charge on any atom is -0.350 e. The molecule has 2 N–H and O–H groups in total. The number of aromatic nitrogens is 1. The van der Waals surface area contributed by atoms with Gasteiger partial charge in [-0.3, -0.25) is 14.9 Å². The van der Waals surface area contributed by atoms with Crippen LogP contribution in [0.15, 0.2) is 36.5 Å². The first-order valence-electron chi connectivity index (χ1n) is 11.4. The van der Waals surface area contributed by atoms with Crippen molar-refractivity contribution >= 4 is 23.7 Å². The topological polar surface area (TPSA) is 94.6 Å². The number of anilines is 1. The van der Waals surface area contributed by atoms with Gasteiger partial charge in [0.25, 0.3) is 11.8 Å². The molecule has 2 aromatic rings. The van der Waals surface area contributed by atoms with Crippen molar-refractivity contribution < 1.29 is 14.4 Å². The molecule has 1 aromatic heterocycles. The van der Waals surface area contributed by atoms with Gasteiger partial charge in [-0.25, -0.2) is 9.78 Å². The molecule has 0 spiro atoms. The van der Waals surface area contributed by atoms with E-state index in [-0.39, 0.29) is 23.8 Å². The van der Waals surface area contributed by atoms with Crippen molar-refractivity contribution in [2.45, 2.75) is 46.2 Å². The van der Waals surface area contributed by atoms with E-state index in [1.54, 1.807) is 24.3 Å². The molecule has 4 amide bonds. The molecule has 2 atom stereocenters. The number of benzene rings is 1. The number of amides is 4. The maximum atomic E-state index is 13.2. The van der Waals surface area contributed by atoms with E-state index >= 15 is 0 Å². The van der Waals surface area contributed by atoms with Crippen molar-refractivity contribution in [3.8, 4) is 0 Å². The number of pyridine rings is 1. The summed E-state index contributed by atoms with van der Waals surface area (Å²) in [6, 6.07) is 8.77. The molecule has 2 aliphatic heterocycles. The smallest absolute Gasteiger partial charge is 0.322 e. The number of carbonyl (C=O) groups excluding carboxylic acids is 3. The van der Waals surface area contributed by atoms with Gasteiger partial charge in [0.1, 0.15) is 11.4 Å². The lowest BCUT2D eigenvalue weighted by atomic mass is 9.79. The van der Waals surface area contributed by atoms with Gasteiger partial charge in [-0.2, -0.15) is 0 Å². The minimum absolute atomic E-state index is 0.0415. The summed E-state index contributed by atoms with van der Waals surface area (Å²) in [7, 11) is 0. The van der Waals surface area contributed by atoms with Crippen LogP contribution in [0.4, 0.5) is 10.6 Å². The lowest BCUT2D eigenvalue weighted by Gasteiger charge is -2.41. The highest BCUT2D eigenvalue weighted by Crippen LogP contribution is 2.33. The second-order valence-corrected chi connectivity index (χ2v) is 9.40. The van der Waals surface area contributed by atoms with Crippen LogP contribution in [0.3, 0.4) is 0 Å². The highest BCUT2D eigenvalue weighted by Gasteiger charge is 2.50. The summed E-state index contributed by atoms with van der Waals surface area (Å²) >= 11 is 0. The summed E-state index contributed by atoms with van der Waals surface area (Å²) in [5.41, 5.74) is 2.37. The molecule has 0 bridgehead atoms. The van der Waals surface area contributed by atoms with Crippen LogP contribution in [0.2, 0.25) is 0 Å². The largest absolute Gasteiger partial charge is 0.350 e. The SMILES string of the molecule is Cc1cnc(N2CCN(C(=O)c3ccc([C@@]4(C(C)C)NC(=O)NC4=O)cc3)C[C@H]2C)c(C)c1. The van der Waals surface area contributed by atoms with Crippen molar-refractivity contribution in [3.05, 3.63) is 58.8 Å². The number of urea groups is 1.